The van der Waals surface area contributed by atoms with E-state index >= 15 is 0 Å². The van der Waals surface area contributed by atoms with Gasteiger partial charge < -0.3 is 10.0 Å². The first-order valence-electron chi connectivity index (χ1n) is 9.52. The van der Waals surface area contributed by atoms with Crippen LogP contribution in [0.4, 0.5) is 0 Å². The minimum absolute atomic E-state index is 0.0844. The largest absolute Gasteiger partial charge is 0.391 e. The van der Waals surface area contributed by atoms with E-state index in [2.05, 4.69) is 12.1 Å². The first-order chi connectivity index (χ1) is 12.2. The lowest BCUT2D eigenvalue weighted by molar-refractivity contribution is -0.135. The van der Waals surface area contributed by atoms with Gasteiger partial charge in [-0.1, -0.05) is 43.5 Å². The molecule has 2 heterocycles. The number of carbonyl (C=O) groups is 1. The second-order valence-corrected chi connectivity index (χ2v) is 7.60. The van der Waals surface area contributed by atoms with Crippen LogP contribution in [-0.2, 0) is 11.2 Å². The van der Waals surface area contributed by atoms with Gasteiger partial charge in [-0.25, -0.2) is 0 Å². The predicted molar refractivity (Wildman–Crippen MR) is 98.1 cm³/mol. The predicted octanol–water partition coefficient (Wildman–Crippen LogP) is 3.18. The number of hydrogen-bond donors (Lipinski definition) is 1. The Hall–Kier alpha value is -1.94. The fourth-order valence-corrected chi connectivity index (χ4v) is 4.33. The zero-order valence-corrected chi connectivity index (χ0v) is 14.6. The Morgan fingerprint density at radius 1 is 1.08 bits per heavy atom. The fourth-order valence-electron chi connectivity index (χ4n) is 4.33. The van der Waals surface area contributed by atoms with Crippen molar-refractivity contribution in [3.63, 3.8) is 0 Å². The second-order valence-electron chi connectivity index (χ2n) is 7.60. The number of pyridine rings is 1. The van der Waals surface area contributed by atoms with Crippen LogP contribution in [-0.4, -0.2) is 40.1 Å². The maximum absolute atomic E-state index is 12.7. The van der Waals surface area contributed by atoms with Crippen LogP contribution in [0.15, 0.2) is 36.4 Å². The Morgan fingerprint density at radius 3 is 2.72 bits per heavy atom. The second kappa shape index (κ2) is 7.12. The number of para-hydroxylation sites is 1. The summed E-state index contributed by atoms with van der Waals surface area (Å²) in [6.07, 6.45) is 5.89. The van der Waals surface area contributed by atoms with E-state index in [0.29, 0.717) is 13.1 Å². The molecule has 1 aromatic heterocycles. The average molecular weight is 338 g/mol. The third-order valence-electron chi connectivity index (χ3n) is 5.80. The molecule has 2 atom stereocenters. The lowest BCUT2D eigenvalue weighted by atomic mass is 9.88. The molecule has 1 aromatic carbocycles. The van der Waals surface area contributed by atoms with Crippen molar-refractivity contribution < 1.29 is 9.90 Å². The van der Waals surface area contributed by atoms with Crippen LogP contribution < -0.4 is 0 Å². The number of likely N-dealkylation sites (tertiary alicyclic amines) is 1. The number of fused-ring (bicyclic) bond motifs is 1. The van der Waals surface area contributed by atoms with Gasteiger partial charge in [0.15, 0.2) is 0 Å². The Balaban J connectivity index is 1.43. The molecule has 1 amide bonds. The SMILES string of the molecule is O=C(C1CCCCC1)N1C[C@@H](Cc2ccc3ccccc3n2)[C@H](O)C1. The van der Waals surface area contributed by atoms with E-state index in [1.807, 2.05) is 29.2 Å². The molecule has 4 heteroatoms. The highest BCUT2D eigenvalue weighted by Gasteiger charge is 2.36. The number of aromatic nitrogens is 1. The van der Waals surface area contributed by atoms with Crippen LogP contribution in [0.5, 0.6) is 0 Å². The van der Waals surface area contributed by atoms with E-state index in [9.17, 15) is 9.90 Å². The molecule has 2 aliphatic rings. The van der Waals surface area contributed by atoms with Crippen molar-refractivity contribution in [3.8, 4) is 0 Å². The molecule has 0 unspecified atom stereocenters. The number of benzene rings is 1. The first-order valence-corrected chi connectivity index (χ1v) is 9.52. The number of nitrogens with zero attached hydrogens (tertiary/aromatic N) is 2. The lowest BCUT2D eigenvalue weighted by Gasteiger charge is -2.26. The van der Waals surface area contributed by atoms with Crippen molar-refractivity contribution in [2.75, 3.05) is 13.1 Å². The van der Waals surface area contributed by atoms with Gasteiger partial charge in [-0.15, -0.1) is 0 Å². The topological polar surface area (TPSA) is 53.4 Å². The average Bonchev–Trinajstić information content (AvgIpc) is 3.02. The summed E-state index contributed by atoms with van der Waals surface area (Å²) in [6.45, 7) is 1.14. The van der Waals surface area contributed by atoms with E-state index in [4.69, 9.17) is 4.98 Å². The molecule has 2 fully saturated rings. The number of hydrogen-bond acceptors (Lipinski definition) is 3. The minimum Gasteiger partial charge on any atom is -0.391 e. The molecule has 4 rings (SSSR count). The number of aliphatic hydroxyl groups excluding tert-OH is 1. The van der Waals surface area contributed by atoms with Gasteiger partial charge in [-0.2, -0.15) is 0 Å². The van der Waals surface area contributed by atoms with Gasteiger partial charge in [0.25, 0.3) is 0 Å². The molecule has 1 aliphatic carbocycles. The molecule has 1 saturated carbocycles. The highest BCUT2D eigenvalue weighted by molar-refractivity contribution is 5.79. The van der Waals surface area contributed by atoms with E-state index in [1.165, 1.54) is 6.42 Å². The van der Waals surface area contributed by atoms with Crippen LogP contribution in [0.25, 0.3) is 10.9 Å². The summed E-state index contributed by atoms with van der Waals surface area (Å²) < 4.78 is 0. The van der Waals surface area contributed by atoms with Gasteiger partial charge in [0.2, 0.25) is 5.91 Å². The van der Waals surface area contributed by atoms with Crippen LogP contribution in [0.3, 0.4) is 0 Å². The summed E-state index contributed by atoms with van der Waals surface area (Å²) in [4.78, 5) is 19.3. The Bertz CT molecular complexity index is 754. The third kappa shape index (κ3) is 3.54. The molecule has 1 N–H and O–H groups in total. The van der Waals surface area contributed by atoms with E-state index in [-0.39, 0.29) is 17.7 Å². The number of rotatable bonds is 3. The van der Waals surface area contributed by atoms with Gasteiger partial charge in [0.1, 0.15) is 0 Å². The highest BCUT2D eigenvalue weighted by atomic mass is 16.3. The molecule has 1 aliphatic heterocycles. The van der Waals surface area contributed by atoms with Crippen molar-refractivity contribution >= 4 is 16.8 Å². The van der Waals surface area contributed by atoms with E-state index < -0.39 is 6.10 Å². The number of aliphatic hydroxyl groups is 1. The molecular formula is C21H26N2O2. The van der Waals surface area contributed by atoms with Gasteiger partial charge in [-0.05, 0) is 31.4 Å². The summed E-state index contributed by atoms with van der Waals surface area (Å²) in [5.41, 5.74) is 1.98. The van der Waals surface area contributed by atoms with Gasteiger partial charge in [0.05, 0.1) is 11.6 Å². The smallest absolute Gasteiger partial charge is 0.225 e. The van der Waals surface area contributed by atoms with E-state index in [0.717, 1.165) is 48.7 Å². The molecule has 132 valence electrons. The Kier molecular flexibility index (Phi) is 4.71. The first kappa shape index (κ1) is 16.5. The van der Waals surface area contributed by atoms with Crippen molar-refractivity contribution in [3.05, 3.63) is 42.1 Å². The highest BCUT2D eigenvalue weighted by Crippen LogP contribution is 2.29. The third-order valence-corrected chi connectivity index (χ3v) is 5.80. The zero-order chi connectivity index (χ0) is 17.2. The summed E-state index contributed by atoms with van der Waals surface area (Å²) in [7, 11) is 0. The Morgan fingerprint density at radius 2 is 1.88 bits per heavy atom. The molecular weight excluding hydrogens is 312 g/mol. The van der Waals surface area contributed by atoms with Crippen LogP contribution in [0.2, 0.25) is 0 Å². The summed E-state index contributed by atoms with van der Waals surface area (Å²) in [5, 5.41) is 11.6. The number of β-amino-alcohol motifs (C(OH)–C–C–N with tert-alkyl or cyclic N) is 1. The molecule has 0 bridgehead atoms. The standard InChI is InChI=1S/C21H26N2O2/c24-20-14-23(21(25)16-7-2-1-3-8-16)13-17(20)12-18-11-10-15-6-4-5-9-19(15)22-18/h4-6,9-11,16-17,20,24H,1-3,7-8,12-14H2/t17-,20-/m1/s1. The molecule has 1 saturated heterocycles. The summed E-state index contributed by atoms with van der Waals surface area (Å²) >= 11 is 0. The van der Waals surface area contributed by atoms with Crippen LogP contribution in [0, 0.1) is 11.8 Å². The summed E-state index contributed by atoms with van der Waals surface area (Å²) in [6, 6.07) is 12.2. The van der Waals surface area contributed by atoms with Crippen molar-refractivity contribution in [1.82, 2.24) is 9.88 Å². The fraction of sp³-hybridized carbons (Fsp3) is 0.524. The van der Waals surface area contributed by atoms with Crippen LogP contribution in [0.1, 0.15) is 37.8 Å². The van der Waals surface area contributed by atoms with Gasteiger partial charge >= 0.3 is 0 Å². The van der Waals surface area contributed by atoms with Gasteiger partial charge in [-0.3, -0.25) is 9.78 Å². The zero-order valence-electron chi connectivity index (χ0n) is 14.6. The minimum atomic E-state index is -0.444. The van der Waals surface area contributed by atoms with Crippen molar-refractivity contribution in [2.24, 2.45) is 11.8 Å². The Labute approximate surface area is 148 Å². The number of carbonyl (C=O) groups excluding carboxylic acids is 1. The van der Waals surface area contributed by atoms with E-state index in [1.54, 1.807) is 0 Å². The van der Waals surface area contributed by atoms with Crippen LogP contribution >= 0.6 is 0 Å². The summed E-state index contributed by atoms with van der Waals surface area (Å²) in [5.74, 6) is 0.521. The maximum Gasteiger partial charge on any atom is 0.225 e. The van der Waals surface area contributed by atoms with Crippen molar-refractivity contribution in [2.45, 2.75) is 44.6 Å². The molecule has 4 nitrogen and oxygen atoms in total. The molecule has 25 heavy (non-hydrogen) atoms. The normalized spacial score (nSPS) is 24.8. The van der Waals surface area contributed by atoms with Crippen molar-refractivity contribution in [1.29, 1.82) is 0 Å². The monoisotopic (exact) mass is 338 g/mol. The molecule has 2 aromatic rings. The van der Waals surface area contributed by atoms with Gasteiger partial charge in [0, 0.05) is 36.0 Å². The quantitative estimate of drug-likeness (QED) is 0.935. The molecule has 0 spiro atoms. The molecule has 0 radical (unpaired) electrons. The number of amides is 1. The lowest BCUT2D eigenvalue weighted by Crippen LogP contribution is -2.36. The maximum atomic E-state index is 12.7.